The van der Waals surface area contributed by atoms with Gasteiger partial charge in [0.1, 0.15) is 62.2 Å². The Hall–Kier alpha value is -5.65. The molecule has 0 N–H and O–H groups in total. The first-order valence-electron chi connectivity index (χ1n) is 34.6. The van der Waals surface area contributed by atoms with E-state index in [4.69, 9.17) is 0 Å². The van der Waals surface area contributed by atoms with Crippen molar-refractivity contribution >= 4 is 138 Å². The number of carbonyl (C=O) groups excluding carboxylic acids is 11. The van der Waals surface area contributed by atoms with E-state index in [1.807, 2.05) is 220 Å². The minimum absolute atomic E-state index is 0.00898. The van der Waals surface area contributed by atoms with Gasteiger partial charge in [-0.2, -0.15) is 20.5 Å². The van der Waals surface area contributed by atoms with E-state index in [9.17, 15) is 52.7 Å². The molecule has 1 aliphatic rings. The van der Waals surface area contributed by atoms with Gasteiger partial charge in [0.2, 0.25) is 0 Å². The van der Waals surface area contributed by atoms with E-state index in [-0.39, 0.29) is 123 Å². The van der Waals surface area contributed by atoms with E-state index >= 15 is 0 Å². The molecule has 2 atom stereocenters. The standard InChI is InChI=1S/C10H16N2OS.C10H14N2OS.C9H13N3OS.C8H14O2.C8H14O.C7H13NO.2C7H14O.C6H12OS.C5H10O/c1-6(2)10(13)9(11-4)8-5-14-7(3)12-8;1-5-8(9(13)6(2)3)10-11-7(4)14-12-10;1-5(2)8(13)7(10-4)9-11-6(3)14-12-9;1-5(2)8(10)6(3)7(4)9;1-5-7(4)8(9)6(2)3;1-5(2)7(9)6(3)8-4;2*1-5(2)7(8)6(3)4;1-5(2)6(7)4-8-3;1-4(2)5(3)6/h6,8H,5H2,1-4H3;5-6H,1-4H3;5H,1-4H3;5-6H,1-4H3;5-6H,1-4H3;5H,1-4H3;2*5-6H,1-4H3;5H,4H2,1-3H3;4H,1-3H3/b;8-5+;;;;;;;;. The molecule has 2 aromatic rings. The van der Waals surface area contributed by atoms with Crippen LogP contribution in [0, 0.1) is 90.8 Å². The van der Waals surface area contributed by atoms with Crippen molar-refractivity contribution in [2.75, 3.05) is 38.9 Å². The Morgan fingerprint density at radius 3 is 1.00 bits per heavy atom. The quantitative estimate of drug-likeness (QED) is 0.0536. The van der Waals surface area contributed by atoms with Crippen LogP contribution >= 0.6 is 46.6 Å². The number of thioether (sulfide) groups is 2. The second kappa shape index (κ2) is 59.8. The van der Waals surface area contributed by atoms with Crippen molar-refractivity contribution in [3.8, 4) is 0 Å². The first-order chi connectivity index (χ1) is 45.8. The number of ketones is 11. The molecule has 0 radical (unpaired) electrons. The number of nitrogens with zero attached hydrogens (tertiary/aromatic N) is 8. The summed E-state index contributed by atoms with van der Waals surface area (Å²) >= 11 is 5.89. The van der Waals surface area contributed by atoms with Crippen LogP contribution in [0.2, 0.25) is 0 Å². The molecule has 1 aliphatic heterocycles. The lowest BCUT2D eigenvalue weighted by Gasteiger charge is -2.10. The summed E-state index contributed by atoms with van der Waals surface area (Å²) in [6.45, 7) is 63.2. The molecule has 572 valence electrons. The molecule has 0 bridgehead atoms. The molecular weight excluding hydrogens is 1340 g/mol. The minimum Gasteiger partial charge on any atom is -0.300 e. The van der Waals surface area contributed by atoms with E-state index in [2.05, 4.69) is 38.7 Å². The smallest absolute Gasteiger partial charge is 0.194 e. The third kappa shape index (κ3) is 51.5. The molecule has 0 aromatic carbocycles. The van der Waals surface area contributed by atoms with Crippen LogP contribution in [0.4, 0.5) is 0 Å². The number of allylic oxidation sites excluding steroid dienone is 4. The molecule has 23 heteroatoms. The normalized spacial score (nSPS) is 13.2. The van der Waals surface area contributed by atoms with Crippen LogP contribution in [0.1, 0.15) is 243 Å². The number of Topliss-reactive ketones (excluding diaryl/α,β-unsaturated/α-hetero) is 11. The zero-order chi connectivity index (χ0) is 80.5. The lowest BCUT2D eigenvalue weighted by Crippen LogP contribution is -2.30. The molecule has 0 saturated carbocycles. The van der Waals surface area contributed by atoms with Gasteiger partial charge in [-0.15, -0.1) is 11.8 Å². The van der Waals surface area contributed by atoms with Crippen LogP contribution in [0.3, 0.4) is 0 Å². The SMILES string of the molecule is C/C=C(\C(=O)C(C)C)c1nsc(C)n1.CC(=O)C(C)C.CC(=O)C(C)C(=O)C(C)C.CC(C)C(=O)C(C)C.CC(C)C(=O)C(C)C.CC=C(C)C(=O)C(C)C.CN=C(C(=O)C(C)C)C1CSC(C)=N1.CN=C(C(=O)C(C)C)c1nsc(C)n1.CN=C(C)C(=O)C(C)C.CSCC(=O)C(C)C. The second-order valence-electron chi connectivity index (χ2n) is 27.1. The van der Waals surface area contributed by atoms with Crippen LogP contribution in [-0.4, -0.2) is 149 Å². The molecule has 0 saturated heterocycles. The molecule has 2 unspecified atom stereocenters. The van der Waals surface area contributed by atoms with Gasteiger partial charge in [-0.25, -0.2) is 9.97 Å². The zero-order valence-electron chi connectivity index (χ0n) is 68.9. The summed E-state index contributed by atoms with van der Waals surface area (Å²) in [6.07, 6.45) is 5.58. The van der Waals surface area contributed by atoms with Crippen molar-refractivity contribution in [1.29, 1.82) is 0 Å². The highest BCUT2D eigenvalue weighted by molar-refractivity contribution is 8.14. The number of aromatic nitrogens is 4. The van der Waals surface area contributed by atoms with Crippen molar-refractivity contribution in [3.63, 3.8) is 0 Å². The summed E-state index contributed by atoms with van der Waals surface area (Å²) < 4.78 is 8.20. The van der Waals surface area contributed by atoms with Gasteiger partial charge in [0.15, 0.2) is 40.6 Å². The molecule has 0 aliphatic carbocycles. The molecule has 0 amide bonds. The number of hydrogen-bond donors (Lipinski definition) is 0. The highest BCUT2D eigenvalue weighted by Crippen LogP contribution is 2.21. The molecule has 100 heavy (non-hydrogen) atoms. The van der Waals surface area contributed by atoms with Gasteiger partial charge in [-0.1, -0.05) is 178 Å². The first kappa shape index (κ1) is 108. The fourth-order valence-electron chi connectivity index (χ4n) is 6.91. The van der Waals surface area contributed by atoms with E-state index in [0.717, 1.165) is 26.4 Å². The Morgan fingerprint density at radius 2 is 0.820 bits per heavy atom. The monoisotopic (exact) mass is 1470 g/mol. The maximum atomic E-state index is 11.8. The summed E-state index contributed by atoms with van der Waals surface area (Å²) in [4.78, 5) is 146. The van der Waals surface area contributed by atoms with Crippen LogP contribution in [-0.2, 0) is 52.7 Å². The van der Waals surface area contributed by atoms with E-state index in [1.54, 1.807) is 71.5 Å². The number of aliphatic imine (C=N–C) groups is 4. The molecule has 3 heterocycles. The van der Waals surface area contributed by atoms with Crippen LogP contribution < -0.4 is 0 Å². The van der Waals surface area contributed by atoms with Crippen molar-refractivity contribution in [3.05, 3.63) is 39.4 Å². The third-order valence-electron chi connectivity index (χ3n) is 13.9. The third-order valence-corrected chi connectivity index (χ3v) is 16.7. The van der Waals surface area contributed by atoms with Crippen LogP contribution in [0.25, 0.3) is 5.57 Å². The Kier molecular flexibility index (Phi) is 64.5. The van der Waals surface area contributed by atoms with Gasteiger partial charge < -0.3 is 0 Å². The number of rotatable bonds is 24. The fourth-order valence-corrected chi connectivity index (χ4v) is 9.32. The molecule has 3 rings (SSSR count). The summed E-state index contributed by atoms with van der Waals surface area (Å²) in [5.41, 5.74) is 3.12. The topological polar surface area (TPSA) is 289 Å². The molecular formula is C77H134N8O11S4. The average molecular weight is 1480 g/mol. The van der Waals surface area contributed by atoms with Crippen LogP contribution in [0.15, 0.2) is 37.7 Å². The van der Waals surface area contributed by atoms with Gasteiger partial charge in [0.25, 0.3) is 0 Å². The number of carbonyl (C=O) groups is 11. The van der Waals surface area contributed by atoms with Gasteiger partial charge in [0, 0.05) is 97.9 Å². The Balaban J connectivity index is -0.000000194. The largest absolute Gasteiger partial charge is 0.300 e. The van der Waals surface area contributed by atoms with E-state index in [1.165, 1.54) is 30.0 Å². The summed E-state index contributed by atoms with van der Waals surface area (Å²) in [6, 6.07) is -0.0140. The summed E-state index contributed by atoms with van der Waals surface area (Å²) in [7, 11) is 4.89. The van der Waals surface area contributed by atoms with Gasteiger partial charge in [-0.05, 0) is 104 Å². The summed E-state index contributed by atoms with van der Waals surface area (Å²) in [5, 5.41) is 2.78. The average Bonchev–Trinajstić information content (AvgIpc) is 1.75. The molecule has 2 aromatic heterocycles. The van der Waals surface area contributed by atoms with Gasteiger partial charge in [-0.3, -0.25) is 72.7 Å². The van der Waals surface area contributed by atoms with Crippen LogP contribution in [0.5, 0.6) is 0 Å². The Morgan fingerprint density at radius 1 is 0.450 bits per heavy atom. The predicted octanol–water partition coefficient (Wildman–Crippen LogP) is 17.2. The lowest BCUT2D eigenvalue weighted by molar-refractivity contribution is -0.133. The molecule has 19 nitrogen and oxygen atoms in total. The van der Waals surface area contributed by atoms with Gasteiger partial charge >= 0.3 is 0 Å². The van der Waals surface area contributed by atoms with E-state index < -0.39 is 5.92 Å². The highest BCUT2D eigenvalue weighted by Gasteiger charge is 2.28. The maximum Gasteiger partial charge on any atom is 0.194 e. The second-order valence-corrected chi connectivity index (χ2v) is 31.1. The van der Waals surface area contributed by atoms with Crippen molar-refractivity contribution in [2.24, 2.45) is 96.9 Å². The lowest BCUT2D eigenvalue weighted by atomic mass is 9.94. The predicted molar refractivity (Wildman–Crippen MR) is 429 cm³/mol. The van der Waals surface area contributed by atoms with Gasteiger partial charge in [0.05, 0.1) is 28.0 Å². The molecule has 0 spiro atoms. The summed E-state index contributed by atoms with van der Waals surface area (Å²) in [5.74, 6) is 5.38. The Labute approximate surface area is 622 Å². The number of hydrogen-bond acceptors (Lipinski definition) is 23. The fraction of sp³-hybridized carbons (Fsp3) is 0.701. The first-order valence-corrected chi connectivity index (χ1v) is 38.5. The minimum atomic E-state index is -0.417. The van der Waals surface area contributed by atoms with Crippen molar-refractivity contribution in [1.82, 2.24) is 18.7 Å². The maximum absolute atomic E-state index is 11.8. The Bertz CT molecular complexity index is 2860. The molecule has 0 fully saturated rings. The van der Waals surface area contributed by atoms with Crippen molar-refractivity contribution < 1.29 is 52.7 Å². The highest BCUT2D eigenvalue weighted by atomic mass is 32.2. The van der Waals surface area contributed by atoms with Crippen molar-refractivity contribution in [2.45, 2.75) is 241 Å². The van der Waals surface area contributed by atoms with E-state index in [0.29, 0.717) is 57.5 Å². The number of aryl methyl sites for hydroxylation is 2. The zero-order valence-corrected chi connectivity index (χ0v) is 72.1.